The van der Waals surface area contributed by atoms with Crippen LogP contribution < -0.4 is 19.5 Å². The van der Waals surface area contributed by atoms with Crippen molar-refractivity contribution in [2.45, 2.75) is 6.42 Å². The molecule has 1 aromatic carbocycles. The Kier molecular flexibility index (Phi) is 5.26. The quantitative estimate of drug-likeness (QED) is 0.704. The SMILES string of the molecule is COc1ccc(C(=O)NCCc2cn3ccccc3n2)c(OC)c1OC. The average Bonchev–Trinajstić information content (AvgIpc) is 3.09. The molecule has 0 aliphatic rings. The Hall–Kier alpha value is -3.22. The molecule has 0 spiro atoms. The average molecular weight is 355 g/mol. The Morgan fingerprint density at radius 3 is 2.58 bits per heavy atom. The van der Waals surface area contributed by atoms with E-state index in [1.165, 1.54) is 21.3 Å². The summed E-state index contributed by atoms with van der Waals surface area (Å²) in [6.45, 7) is 0.459. The van der Waals surface area contributed by atoms with Crippen molar-refractivity contribution < 1.29 is 19.0 Å². The first-order valence-corrected chi connectivity index (χ1v) is 8.17. The van der Waals surface area contributed by atoms with Crippen molar-refractivity contribution in [2.75, 3.05) is 27.9 Å². The molecule has 2 heterocycles. The van der Waals surface area contributed by atoms with Crippen molar-refractivity contribution in [1.82, 2.24) is 14.7 Å². The van der Waals surface area contributed by atoms with Crippen LogP contribution >= 0.6 is 0 Å². The number of nitrogens with one attached hydrogen (secondary N) is 1. The van der Waals surface area contributed by atoms with E-state index in [4.69, 9.17) is 14.2 Å². The van der Waals surface area contributed by atoms with Crippen LogP contribution in [0.1, 0.15) is 16.1 Å². The van der Waals surface area contributed by atoms with Crippen LogP contribution in [0, 0.1) is 0 Å². The van der Waals surface area contributed by atoms with Crippen LogP contribution in [0.15, 0.2) is 42.7 Å². The summed E-state index contributed by atoms with van der Waals surface area (Å²) < 4.78 is 17.9. The molecule has 0 bridgehead atoms. The number of pyridine rings is 1. The number of fused-ring (bicyclic) bond motifs is 1. The molecule has 0 fully saturated rings. The van der Waals surface area contributed by atoms with E-state index in [2.05, 4.69) is 10.3 Å². The molecule has 7 nitrogen and oxygen atoms in total. The fraction of sp³-hybridized carbons (Fsp3) is 0.263. The van der Waals surface area contributed by atoms with Crippen LogP contribution in [0.4, 0.5) is 0 Å². The van der Waals surface area contributed by atoms with Crippen LogP contribution in [0.2, 0.25) is 0 Å². The highest BCUT2D eigenvalue weighted by atomic mass is 16.5. The Bertz CT molecular complexity index is 887. The van der Waals surface area contributed by atoms with E-state index in [-0.39, 0.29) is 5.91 Å². The van der Waals surface area contributed by atoms with Gasteiger partial charge in [-0.15, -0.1) is 0 Å². The van der Waals surface area contributed by atoms with Gasteiger partial charge < -0.3 is 23.9 Å². The Balaban J connectivity index is 1.69. The lowest BCUT2D eigenvalue weighted by Crippen LogP contribution is -2.26. The zero-order valence-electron chi connectivity index (χ0n) is 15.0. The van der Waals surface area contributed by atoms with Crippen LogP contribution in [0.5, 0.6) is 17.2 Å². The van der Waals surface area contributed by atoms with Gasteiger partial charge in [0, 0.05) is 25.4 Å². The van der Waals surface area contributed by atoms with Gasteiger partial charge >= 0.3 is 0 Å². The zero-order chi connectivity index (χ0) is 18.5. The summed E-state index contributed by atoms with van der Waals surface area (Å²) in [6, 6.07) is 9.16. The van der Waals surface area contributed by atoms with E-state index in [0.717, 1.165) is 11.3 Å². The number of methoxy groups -OCH3 is 3. The third kappa shape index (κ3) is 3.42. The number of carbonyl (C=O) groups is 1. The number of amides is 1. The number of aromatic nitrogens is 2. The predicted molar refractivity (Wildman–Crippen MR) is 97.3 cm³/mol. The molecule has 0 unspecified atom stereocenters. The van der Waals surface area contributed by atoms with E-state index in [1.54, 1.807) is 12.1 Å². The van der Waals surface area contributed by atoms with E-state index in [1.807, 2.05) is 35.0 Å². The third-order valence-electron chi connectivity index (χ3n) is 4.03. The van der Waals surface area contributed by atoms with Gasteiger partial charge in [0.15, 0.2) is 11.5 Å². The third-order valence-corrected chi connectivity index (χ3v) is 4.03. The summed E-state index contributed by atoms with van der Waals surface area (Å²) >= 11 is 0. The lowest BCUT2D eigenvalue weighted by atomic mass is 10.1. The molecule has 0 saturated carbocycles. The van der Waals surface area contributed by atoms with Gasteiger partial charge in [0.2, 0.25) is 5.75 Å². The maximum Gasteiger partial charge on any atom is 0.255 e. The number of carbonyl (C=O) groups excluding carboxylic acids is 1. The molecule has 0 aliphatic heterocycles. The van der Waals surface area contributed by atoms with Crippen LogP contribution in [0.3, 0.4) is 0 Å². The smallest absolute Gasteiger partial charge is 0.255 e. The summed E-state index contributed by atoms with van der Waals surface area (Å²) in [5.41, 5.74) is 2.19. The number of nitrogens with zero attached hydrogens (tertiary/aromatic N) is 2. The predicted octanol–water partition coefficient (Wildman–Crippen LogP) is 2.33. The minimum Gasteiger partial charge on any atom is -0.493 e. The summed E-state index contributed by atoms with van der Waals surface area (Å²) in [5, 5.41) is 2.89. The van der Waals surface area contributed by atoms with Gasteiger partial charge in [0.25, 0.3) is 5.91 Å². The number of rotatable bonds is 7. The number of ether oxygens (including phenoxy) is 3. The molecule has 0 aliphatic carbocycles. The number of imidazole rings is 1. The van der Waals surface area contributed by atoms with Crippen LogP contribution in [-0.2, 0) is 6.42 Å². The van der Waals surface area contributed by atoms with E-state index < -0.39 is 0 Å². The lowest BCUT2D eigenvalue weighted by Gasteiger charge is -2.15. The first kappa shape index (κ1) is 17.6. The van der Waals surface area contributed by atoms with Gasteiger partial charge in [0.1, 0.15) is 5.65 Å². The molecular formula is C19H21N3O4. The molecule has 0 saturated heterocycles. The first-order valence-electron chi connectivity index (χ1n) is 8.17. The van der Waals surface area contributed by atoms with E-state index in [9.17, 15) is 4.79 Å². The minimum atomic E-state index is -0.244. The standard InChI is InChI=1S/C19H21N3O4/c1-24-15-8-7-14(17(25-2)18(15)26-3)19(23)20-10-9-13-12-22-11-5-4-6-16(22)21-13/h4-8,11-12H,9-10H2,1-3H3,(H,20,23). The highest BCUT2D eigenvalue weighted by Gasteiger charge is 2.20. The fourth-order valence-electron chi connectivity index (χ4n) is 2.79. The fourth-order valence-corrected chi connectivity index (χ4v) is 2.79. The Morgan fingerprint density at radius 1 is 1.08 bits per heavy atom. The monoisotopic (exact) mass is 355 g/mol. The van der Waals surface area contributed by atoms with Crippen LogP contribution in [0.25, 0.3) is 5.65 Å². The Morgan fingerprint density at radius 2 is 1.88 bits per heavy atom. The summed E-state index contributed by atoms with van der Waals surface area (Å²) in [4.78, 5) is 17.1. The van der Waals surface area contributed by atoms with Gasteiger partial charge in [-0.25, -0.2) is 4.98 Å². The zero-order valence-corrected chi connectivity index (χ0v) is 15.0. The molecule has 1 amide bonds. The van der Waals surface area contributed by atoms with Crippen molar-refractivity contribution in [1.29, 1.82) is 0 Å². The molecule has 136 valence electrons. The normalized spacial score (nSPS) is 10.6. The summed E-state index contributed by atoms with van der Waals surface area (Å²) in [5.74, 6) is 0.997. The molecule has 3 aromatic rings. The highest BCUT2D eigenvalue weighted by molar-refractivity contribution is 5.98. The molecule has 3 rings (SSSR count). The maximum atomic E-state index is 12.5. The van der Waals surface area contributed by atoms with E-state index in [0.29, 0.717) is 35.8 Å². The molecule has 0 atom stereocenters. The van der Waals surface area contributed by atoms with Gasteiger partial charge in [-0.2, -0.15) is 0 Å². The molecule has 26 heavy (non-hydrogen) atoms. The van der Waals surface area contributed by atoms with Gasteiger partial charge in [0.05, 0.1) is 32.6 Å². The second-order valence-corrected chi connectivity index (χ2v) is 5.59. The molecule has 2 aromatic heterocycles. The van der Waals surface area contributed by atoms with Crippen molar-refractivity contribution in [3.8, 4) is 17.2 Å². The maximum absolute atomic E-state index is 12.5. The largest absolute Gasteiger partial charge is 0.493 e. The van der Waals surface area contributed by atoms with Crippen LogP contribution in [-0.4, -0.2) is 43.2 Å². The van der Waals surface area contributed by atoms with Crippen molar-refractivity contribution in [2.24, 2.45) is 0 Å². The van der Waals surface area contributed by atoms with Gasteiger partial charge in [-0.05, 0) is 24.3 Å². The van der Waals surface area contributed by atoms with Crippen molar-refractivity contribution in [3.63, 3.8) is 0 Å². The van der Waals surface area contributed by atoms with Gasteiger partial charge in [-0.3, -0.25) is 4.79 Å². The molecule has 1 N–H and O–H groups in total. The highest BCUT2D eigenvalue weighted by Crippen LogP contribution is 2.39. The lowest BCUT2D eigenvalue weighted by molar-refractivity contribution is 0.0950. The first-order chi connectivity index (χ1) is 12.7. The van der Waals surface area contributed by atoms with Crippen molar-refractivity contribution in [3.05, 3.63) is 54.0 Å². The number of hydrogen-bond acceptors (Lipinski definition) is 5. The molecule has 0 radical (unpaired) electrons. The van der Waals surface area contributed by atoms with Crippen molar-refractivity contribution >= 4 is 11.6 Å². The summed E-state index contributed by atoms with van der Waals surface area (Å²) in [7, 11) is 4.53. The minimum absolute atomic E-state index is 0.244. The molecule has 7 heteroatoms. The topological polar surface area (TPSA) is 74.1 Å². The van der Waals surface area contributed by atoms with Gasteiger partial charge in [-0.1, -0.05) is 6.07 Å². The van der Waals surface area contributed by atoms with E-state index >= 15 is 0 Å². The second kappa shape index (κ2) is 7.77. The summed E-state index contributed by atoms with van der Waals surface area (Å²) in [6.07, 6.45) is 4.53. The number of hydrogen-bond donors (Lipinski definition) is 1. The Labute approximate surface area is 151 Å². The number of benzene rings is 1. The second-order valence-electron chi connectivity index (χ2n) is 5.59. The molecular weight excluding hydrogens is 334 g/mol.